The van der Waals surface area contributed by atoms with Crippen LogP contribution >= 0.6 is 0 Å². The van der Waals surface area contributed by atoms with Gasteiger partial charge >= 0.3 is 11.9 Å². The highest BCUT2D eigenvalue weighted by Gasteiger charge is 2.24. The van der Waals surface area contributed by atoms with Gasteiger partial charge in [0, 0.05) is 0 Å². The standard InChI is InChI=1S/C32H46O6S/c1-19-15-25(31(5,6)7)29(35)21(3)23(19)17-37-27(33)11-13-39-14-12-28(34)38-18-24-20(2)16-26(32(8,9)10)30(36)22(24)4/h15-16,35-36H,11-14,17-18H2,1-10H3/p+1. The summed E-state index contributed by atoms with van der Waals surface area (Å²) < 4.78 is 11.0. The number of hydrogen-bond acceptors (Lipinski definition) is 6. The zero-order valence-electron chi connectivity index (χ0n) is 25.4. The molecule has 0 bridgehead atoms. The SMILES string of the molecule is Cc1cc(C(C)(C)C)c(O)c(C)c1COC(=O)CC[SH+]CCC(=O)OCc1c(C)cc(C(C)(C)C)c(O)c1C. The second-order valence-corrected chi connectivity index (χ2v) is 13.7. The fourth-order valence-corrected chi connectivity index (χ4v) is 5.42. The molecule has 0 radical (unpaired) electrons. The van der Waals surface area contributed by atoms with Gasteiger partial charge in [0.05, 0.1) is 12.8 Å². The molecule has 2 rings (SSSR count). The van der Waals surface area contributed by atoms with Crippen LogP contribution in [0.25, 0.3) is 0 Å². The van der Waals surface area contributed by atoms with E-state index in [0.717, 1.165) is 56.3 Å². The molecule has 0 spiro atoms. The molecule has 6 nitrogen and oxygen atoms in total. The third kappa shape index (κ3) is 8.66. The van der Waals surface area contributed by atoms with E-state index < -0.39 is 0 Å². The van der Waals surface area contributed by atoms with E-state index in [9.17, 15) is 19.8 Å². The fourth-order valence-electron chi connectivity index (χ4n) is 4.52. The van der Waals surface area contributed by atoms with E-state index in [0.29, 0.717) is 11.5 Å². The summed E-state index contributed by atoms with van der Waals surface area (Å²) in [6.45, 7) is 20.2. The van der Waals surface area contributed by atoms with Crippen molar-refractivity contribution in [1.82, 2.24) is 0 Å². The maximum Gasteiger partial charge on any atom is 0.310 e. The van der Waals surface area contributed by atoms with Gasteiger partial charge in [0.2, 0.25) is 0 Å². The van der Waals surface area contributed by atoms with Gasteiger partial charge in [-0.2, -0.15) is 0 Å². The van der Waals surface area contributed by atoms with E-state index in [1.807, 2.05) is 39.8 Å². The summed E-state index contributed by atoms with van der Waals surface area (Å²) in [6, 6.07) is 3.94. The average Bonchev–Trinajstić information content (AvgIpc) is 2.81. The molecule has 0 amide bonds. The number of carbonyl (C=O) groups is 2. The van der Waals surface area contributed by atoms with E-state index >= 15 is 0 Å². The second-order valence-electron chi connectivity index (χ2n) is 12.4. The second kappa shape index (κ2) is 13.1. The van der Waals surface area contributed by atoms with Crippen molar-refractivity contribution in [2.45, 2.75) is 106 Å². The molecule has 216 valence electrons. The molecule has 0 heterocycles. The van der Waals surface area contributed by atoms with Crippen molar-refractivity contribution in [3.63, 3.8) is 0 Å². The topological polar surface area (TPSA) is 93.1 Å². The van der Waals surface area contributed by atoms with Crippen LogP contribution in [-0.2, 0) is 54.9 Å². The summed E-state index contributed by atoms with van der Waals surface area (Å²) in [5, 5.41) is 21.3. The lowest BCUT2D eigenvalue weighted by Gasteiger charge is -2.24. The van der Waals surface area contributed by atoms with Crippen LogP contribution in [-0.4, -0.2) is 33.7 Å². The van der Waals surface area contributed by atoms with Crippen LogP contribution in [0.2, 0.25) is 0 Å². The Morgan fingerprint density at radius 1 is 0.692 bits per heavy atom. The Morgan fingerprint density at radius 3 is 1.33 bits per heavy atom. The molecule has 0 aromatic heterocycles. The van der Waals surface area contributed by atoms with Crippen LogP contribution in [0.15, 0.2) is 12.1 Å². The minimum atomic E-state index is -0.298. The molecule has 0 aliphatic rings. The van der Waals surface area contributed by atoms with Crippen LogP contribution in [0, 0.1) is 27.7 Å². The van der Waals surface area contributed by atoms with Crippen molar-refractivity contribution >= 4 is 23.7 Å². The number of aryl methyl sites for hydroxylation is 2. The summed E-state index contributed by atoms with van der Waals surface area (Å²) >= 11 is 0.973. The largest absolute Gasteiger partial charge is 0.507 e. The van der Waals surface area contributed by atoms with Crippen LogP contribution in [0.3, 0.4) is 0 Å². The Labute approximate surface area is 238 Å². The van der Waals surface area contributed by atoms with Crippen LogP contribution < -0.4 is 0 Å². The number of esters is 2. The lowest BCUT2D eigenvalue weighted by atomic mass is 9.83. The highest BCUT2D eigenvalue weighted by atomic mass is 32.2. The van der Waals surface area contributed by atoms with E-state index in [1.54, 1.807) is 0 Å². The van der Waals surface area contributed by atoms with Gasteiger partial charge < -0.3 is 19.7 Å². The quantitative estimate of drug-likeness (QED) is 0.153. The number of ether oxygens (including phenoxy) is 2. The number of phenols is 2. The van der Waals surface area contributed by atoms with Gasteiger partial charge in [0.25, 0.3) is 0 Å². The summed E-state index contributed by atoms with van der Waals surface area (Å²) in [7, 11) is 0. The Hall–Kier alpha value is -2.67. The van der Waals surface area contributed by atoms with Crippen molar-refractivity contribution in [2.24, 2.45) is 0 Å². The molecular formula is C32H47O6S+. The molecule has 0 aliphatic heterocycles. The summed E-state index contributed by atoms with van der Waals surface area (Å²) in [6.07, 6.45) is 0.525. The summed E-state index contributed by atoms with van der Waals surface area (Å²) in [5.74, 6) is 1.11. The predicted octanol–water partition coefficient (Wildman–Crippen LogP) is 6.31. The van der Waals surface area contributed by atoms with Crippen LogP contribution in [0.5, 0.6) is 11.5 Å². The first kappa shape index (κ1) is 32.5. The fraction of sp³-hybridized carbons (Fsp3) is 0.562. The van der Waals surface area contributed by atoms with Crippen molar-refractivity contribution in [1.29, 1.82) is 0 Å². The molecular weight excluding hydrogens is 512 g/mol. The smallest absolute Gasteiger partial charge is 0.310 e. The lowest BCUT2D eigenvalue weighted by molar-refractivity contribution is -0.145. The number of thiol groups is 1. The molecule has 0 atom stereocenters. The van der Waals surface area contributed by atoms with Gasteiger partial charge in [-0.1, -0.05) is 53.7 Å². The number of carbonyl (C=O) groups excluding carboxylic acids is 2. The maximum absolute atomic E-state index is 12.3. The lowest BCUT2D eigenvalue weighted by Crippen LogP contribution is -2.15. The van der Waals surface area contributed by atoms with Gasteiger partial charge in [0.15, 0.2) is 0 Å². The van der Waals surface area contributed by atoms with E-state index in [4.69, 9.17) is 9.47 Å². The van der Waals surface area contributed by atoms with Gasteiger partial charge in [-0.05, 0) is 94.8 Å². The molecule has 2 aromatic rings. The monoisotopic (exact) mass is 559 g/mol. The Morgan fingerprint density at radius 2 is 1.03 bits per heavy atom. The van der Waals surface area contributed by atoms with Gasteiger partial charge in [-0.15, -0.1) is 0 Å². The molecule has 7 heteroatoms. The first-order valence-electron chi connectivity index (χ1n) is 13.5. The number of hydrogen-bond donors (Lipinski definition) is 2. The minimum Gasteiger partial charge on any atom is -0.507 e. The first-order valence-corrected chi connectivity index (χ1v) is 14.8. The Balaban J connectivity index is 1.77. The first-order chi connectivity index (χ1) is 17.9. The zero-order chi connectivity index (χ0) is 29.7. The Bertz CT molecular complexity index is 1110. The predicted molar refractivity (Wildman–Crippen MR) is 160 cm³/mol. The minimum absolute atomic E-state index is 0.128. The molecule has 0 unspecified atom stereocenters. The van der Waals surface area contributed by atoms with Crippen molar-refractivity contribution in [2.75, 3.05) is 11.5 Å². The van der Waals surface area contributed by atoms with E-state index in [-0.39, 0.29) is 60.3 Å². The number of benzene rings is 2. The maximum atomic E-state index is 12.3. The highest BCUT2D eigenvalue weighted by molar-refractivity contribution is 7.78. The van der Waals surface area contributed by atoms with Crippen molar-refractivity contribution in [3.8, 4) is 11.5 Å². The number of rotatable bonds is 10. The van der Waals surface area contributed by atoms with E-state index in [1.165, 1.54) is 0 Å². The third-order valence-electron chi connectivity index (χ3n) is 7.12. The summed E-state index contributed by atoms with van der Waals surface area (Å²) in [4.78, 5) is 24.6. The molecule has 2 N–H and O–H groups in total. The molecule has 0 fully saturated rings. The third-order valence-corrected chi connectivity index (χ3v) is 8.20. The van der Waals surface area contributed by atoms with Crippen molar-refractivity contribution in [3.05, 3.63) is 56.6 Å². The van der Waals surface area contributed by atoms with Crippen molar-refractivity contribution < 1.29 is 29.3 Å². The molecule has 39 heavy (non-hydrogen) atoms. The van der Waals surface area contributed by atoms with Gasteiger partial charge in [-0.3, -0.25) is 9.59 Å². The van der Waals surface area contributed by atoms with Gasteiger partial charge in [-0.25, -0.2) is 0 Å². The molecule has 0 saturated heterocycles. The van der Waals surface area contributed by atoms with Crippen LogP contribution in [0.4, 0.5) is 0 Å². The molecule has 0 saturated carbocycles. The molecule has 0 aliphatic carbocycles. The summed E-state index contributed by atoms with van der Waals surface area (Å²) in [5.41, 5.74) is 6.54. The zero-order valence-corrected chi connectivity index (χ0v) is 26.3. The number of aromatic hydroxyl groups is 2. The highest BCUT2D eigenvalue weighted by Crippen LogP contribution is 2.37. The van der Waals surface area contributed by atoms with Gasteiger partial charge in [0.1, 0.15) is 36.2 Å². The van der Waals surface area contributed by atoms with E-state index in [2.05, 4.69) is 41.5 Å². The van der Waals surface area contributed by atoms with Crippen LogP contribution in [0.1, 0.15) is 98.9 Å². The normalized spacial score (nSPS) is 11.9. The number of phenolic OH excluding ortho intramolecular Hbond substituents is 2. The average molecular weight is 560 g/mol. The Kier molecular flexibility index (Phi) is 10.9. The molecule has 2 aromatic carbocycles.